The number of aliphatic hydroxyl groups excluding tert-OH is 1. The third-order valence-corrected chi connectivity index (χ3v) is 2.63. The number of aliphatic hydroxyl groups is 1. The van der Waals surface area contributed by atoms with Crippen LogP contribution in [0.25, 0.3) is 6.08 Å². The van der Waals surface area contributed by atoms with Gasteiger partial charge in [0.25, 0.3) is 0 Å². The Hall–Kier alpha value is -1.86. The lowest BCUT2D eigenvalue weighted by Gasteiger charge is -2.13. The molecule has 0 aliphatic rings. The average Bonchev–Trinajstić information content (AvgIpc) is 2.39. The van der Waals surface area contributed by atoms with E-state index in [9.17, 15) is 5.11 Å². The average molecular weight is 210 g/mol. The Bertz CT molecular complexity index is 474. The Labute approximate surface area is 95.7 Å². The molecule has 0 heterocycles. The standard InChI is InChI=1S/C15H14O/c1-2-12-8-6-7-11-14(12)15(16)13-9-4-3-5-10-13/h2-11,15-16H,1H2. The lowest BCUT2D eigenvalue weighted by Crippen LogP contribution is -2.01. The molecule has 0 bridgehead atoms. The summed E-state index contributed by atoms with van der Waals surface area (Å²) in [5.41, 5.74) is 2.76. The molecule has 0 aliphatic carbocycles. The maximum absolute atomic E-state index is 10.3. The summed E-state index contributed by atoms with van der Waals surface area (Å²) in [5.74, 6) is 0. The van der Waals surface area contributed by atoms with Crippen LogP contribution >= 0.6 is 0 Å². The largest absolute Gasteiger partial charge is 0.384 e. The van der Waals surface area contributed by atoms with E-state index in [2.05, 4.69) is 6.58 Å². The van der Waals surface area contributed by atoms with Gasteiger partial charge in [-0.3, -0.25) is 0 Å². The summed E-state index contributed by atoms with van der Waals surface area (Å²) in [5, 5.41) is 10.3. The topological polar surface area (TPSA) is 20.2 Å². The van der Waals surface area contributed by atoms with E-state index in [1.165, 1.54) is 0 Å². The Kier molecular flexibility index (Phi) is 3.18. The maximum Gasteiger partial charge on any atom is 0.105 e. The molecule has 0 radical (unpaired) electrons. The first-order valence-electron chi connectivity index (χ1n) is 5.27. The molecule has 1 heteroatoms. The molecule has 0 fully saturated rings. The van der Waals surface area contributed by atoms with Crippen LogP contribution in [0.1, 0.15) is 22.8 Å². The fourth-order valence-electron chi connectivity index (χ4n) is 1.76. The van der Waals surface area contributed by atoms with Crippen LogP contribution in [0.5, 0.6) is 0 Å². The molecule has 0 saturated carbocycles. The molecule has 0 amide bonds. The van der Waals surface area contributed by atoms with Gasteiger partial charge in [-0.05, 0) is 16.7 Å². The molecule has 2 rings (SSSR count). The van der Waals surface area contributed by atoms with Crippen molar-refractivity contribution < 1.29 is 5.11 Å². The van der Waals surface area contributed by atoms with Gasteiger partial charge in [-0.1, -0.05) is 67.3 Å². The molecule has 0 saturated heterocycles. The summed E-state index contributed by atoms with van der Waals surface area (Å²) < 4.78 is 0. The molecule has 0 aliphatic heterocycles. The van der Waals surface area contributed by atoms with Crippen LogP contribution in [0.4, 0.5) is 0 Å². The monoisotopic (exact) mass is 210 g/mol. The molecule has 2 aromatic rings. The number of rotatable bonds is 3. The Morgan fingerprint density at radius 3 is 2.25 bits per heavy atom. The van der Waals surface area contributed by atoms with Gasteiger partial charge in [0.05, 0.1) is 0 Å². The molecule has 1 N–H and O–H groups in total. The van der Waals surface area contributed by atoms with Crippen LogP contribution in [0.2, 0.25) is 0 Å². The third-order valence-electron chi connectivity index (χ3n) is 2.63. The quantitative estimate of drug-likeness (QED) is 0.823. The lowest BCUT2D eigenvalue weighted by molar-refractivity contribution is 0.220. The van der Waals surface area contributed by atoms with Crippen molar-refractivity contribution in [2.75, 3.05) is 0 Å². The summed E-state index contributed by atoms with van der Waals surface area (Å²) >= 11 is 0. The van der Waals surface area contributed by atoms with Crippen molar-refractivity contribution >= 4 is 6.08 Å². The normalized spacial score (nSPS) is 12.1. The molecule has 0 aromatic heterocycles. The van der Waals surface area contributed by atoms with Crippen molar-refractivity contribution in [3.63, 3.8) is 0 Å². The molecule has 1 unspecified atom stereocenters. The molecule has 80 valence electrons. The number of hydrogen-bond donors (Lipinski definition) is 1. The zero-order valence-corrected chi connectivity index (χ0v) is 9.01. The van der Waals surface area contributed by atoms with Crippen molar-refractivity contribution in [3.05, 3.63) is 77.9 Å². The van der Waals surface area contributed by atoms with Crippen LogP contribution in [0, 0.1) is 0 Å². The number of benzene rings is 2. The van der Waals surface area contributed by atoms with E-state index in [0.717, 1.165) is 16.7 Å². The van der Waals surface area contributed by atoms with Crippen LogP contribution < -0.4 is 0 Å². The zero-order chi connectivity index (χ0) is 11.4. The second-order valence-corrected chi connectivity index (χ2v) is 3.65. The predicted molar refractivity (Wildman–Crippen MR) is 67.0 cm³/mol. The van der Waals surface area contributed by atoms with E-state index in [1.54, 1.807) is 6.08 Å². The van der Waals surface area contributed by atoms with Gasteiger partial charge in [-0.2, -0.15) is 0 Å². The first kappa shape index (κ1) is 10.7. The van der Waals surface area contributed by atoms with E-state index in [1.807, 2.05) is 54.6 Å². The highest BCUT2D eigenvalue weighted by Crippen LogP contribution is 2.25. The smallest absolute Gasteiger partial charge is 0.105 e. The second kappa shape index (κ2) is 4.77. The zero-order valence-electron chi connectivity index (χ0n) is 9.01. The molecule has 1 atom stereocenters. The summed E-state index contributed by atoms with van der Waals surface area (Å²) in [6.45, 7) is 3.76. The minimum Gasteiger partial charge on any atom is -0.384 e. The first-order chi connectivity index (χ1) is 7.83. The van der Waals surface area contributed by atoms with E-state index in [0.29, 0.717) is 0 Å². The van der Waals surface area contributed by atoms with Crippen molar-refractivity contribution in [1.29, 1.82) is 0 Å². The molecular weight excluding hydrogens is 196 g/mol. The summed E-state index contributed by atoms with van der Waals surface area (Å²) in [6, 6.07) is 17.4. The van der Waals surface area contributed by atoms with Crippen molar-refractivity contribution in [1.82, 2.24) is 0 Å². The highest BCUT2D eigenvalue weighted by atomic mass is 16.3. The highest BCUT2D eigenvalue weighted by molar-refractivity contribution is 5.53. The van der Waals surface area contributed by atoms with Crippen molar-refractivity contribution in [2.24, 2.45) is 0 Å². The molecular formula is C15H14O. The molecule has 0 spiro atoms. The third kappa shape index (κ3) is 2.05. The lowest BCUT2D eigenvalue weighted by atomic mass is 9.97. The summed E-state index contributed by atoms with van der Waals surface area (Å²) in [6.07, 6.45) is 1.18. The predicted octanol–water partition coefficient (Wildman–Crippen LogP) is 3.41. The minimum absolute atomic E-state index is 0.588. The Morgan fingerprint density at radius 2 is 1.56 bits per heavy atom. The molecule has 2 aromatic carbocycles. The highest BCUT2D eigenvalue weighted by Gasteiger charge is 2.11. The van der Waals surface area contributed by atoms with Crippen LogP contribution in [-0.4, -0.2) is 5.11 Å². The summed E-state index contributed by atoms with van der Waals surface area (Å²) in [7, 11) is 0. The van der Waals surface area contributed by atoms with Gasteiger partial charge in [0.2, 0.25) is 0 Å². The van der Waals surface area contributed by atoms with Gasteiger partial charge >= 0.3 is 0 Å². The van der Waals surface area contributed by atoms with Gasteiger partial charge < -0.3 is 5.11 Å². The fourth-order valence-corrected chi connectivity index (χ4v) is 1.76. The van der Waals surface area contributed by atoms with Gasteiger partial charge in [-0.25, -0.2) is 0 Å². The Morgan fingerprint density at radius 1 is 0.938 bits per heavy atom. The van der Waals surface area contributed by atoms with Gasteiger partial charge in [0, 0.05) is 0 Å². The maximum atomic E-state index is 10.3. The van der Waals surface area contributed by atoms with E-state index in [-0.39, 0.29) is 0 Å². The van der Waals surface area contributed by atoms with Crippen LogP contribution in [0.15, 0.2) is 61.2 Å². The van der Waals surface area contributed by atoms with Crippen LogP contribution in [-0.2, 0) is 0 Å². The second-order valence-electron chi connectivity index (χ2n) is 3.65. The van der Waals surface area contributed by atoms with Crippen molar-refractivity contribution in [3.8, 4) is 0 Å². The van der Waals surface area contributed by atoms with E-state index < -0.39 is 6.10 Å². The Balaban J connectivity index is 2.41. The van der Waals surface area contributed by atoms with Gasteiger partial charge in [0.1, 0.15) is 6.10 Å². The summed E-state index contributed by atoms with van der Waals surface area (Å²) in [4.78, 5) is 0. The van der Waals surface area contributed by atoms with Crippen LogP contribution in [0.3, 0.4) is 0 Å². The van der Waals surface area contributed by atoms with Crippen molar-refractivity contribution in [2.45, 2.75) is 6.10 Å². The van der Waals surface area contributed by atoms with Gasteiger partial charge in [0.15, 0.2) is 0 Å². The fraction of sp³-hybridized carbons (Fsp3) is 0.0667. The van der Waals surface area contributed by atoms with Gasteiger partial charge in [-0.15, -0.1) is 0 Å². The van der Waals surface area contributed by atoms with E-state index >= 15 is 0 Å². The van der Waals surface area contributed by atoms with E-state index in [4.69, 9.17) is 0 Å². The minimum atomic E-state index is -0.588. The number of hydrogen-bond acceptors (Lipinski definition) is 1. The first-order valence-corrected chi connectivity index (χ1v) is 5.27. The SMILES string of the molecule is C=Cc1ccccc1C(O)c1ccccc1. The molecule has 16 heavy (non-hydrogen) atoms. The molecule has 1 nitrogen and oxygen atoms in total.